The molecule has 2 heteroatoms. The summed E-state index contributed by atoms with van der Waals surface area (Å²) in [7, 11) is 0. The van der Waals surface area contributed by atoms with Crippen molar-refractivity contribution in [3.63, 3.8) is 0 Å². The van der Waals surface area contributed by atoms with E-state index in [1.54, 1.807) is 6.92 Å². The number of aliphatic hydroxyl groups is 1. The topological polar surface area (TPSA) is 29.5 Å². The molecule has 0 aromatic carbocycles. The molecule has 0 aromatic heterocycles. The summed E-state index contributed by atoms with van der Waals surface area (Å²) in [5.41, 5.74) is 0. The van der Waals surface area contributed by atoms with Crippen molar-refractivity contribution < 1.29 is 9.84 Å². The molecule has 1 N–H and O–H groups in total. The molecule has 1 unspecified atom stereocenters. The summed E-state index contributed by atoms with van der Waals surface area (Å²) in [6, 6.07) is 0. The van der Waals surface area contributed by atoms with Crippen LogP contribution in [0.25, 0.3) is 0 Å². The van der Waals surface area contributed by atoms with Gasteiger partial charge < -0.3 is 9.84 Å². The summed E-state index contributed by atoms with van der Waals surface area (Å²) in [5, 5.41) is 9.04. The van der Waals surface area contributed by atoms with E-state index in [-0.39, 0.29) is 12.2 Å². The van der Waals surface area contributed by atoms with E-state index in [1.165, 1.54) is 0 Å². The second-order valence-corrected chi connectivity index (χ2v) is 2.80. The highest BCUT2D eigenvalue weighted by atomic mass is 16.5. The predicted octanol–water partition coefficient (Wildman–Crippen LogP) is 0.935. The quantitative estimate of drug-likeness (QED) is 0.572. The van der Waals surface area contributed by atoms with Gasteiger partial charge in [-0.3, -0.25) is 0 Å². The van der Waals surface area contributed by atoms with Crippen molar-refractivity contribution in [2.45, 2.75) is 45.0 Å². The van der Waals surface area contributed by atoms with Gasteiger partial charge in [0.1, 0.15) is 0 Å². The molecule has 1 saturated heterocycles. The lowest BCUT2D eigenvalue weighted by atomic mass is 10.1. The minimum absolute atomic E-state index is 0.0972. The Hall–Kier alpha value is -0.0800. The molecule has 0 spiro atoms. The minimum atomic E-state index is -0.296. The van der Waals surface area contributed by atoms with Gasteiger partial charge in [-0.05, 0) is 26.7 Å². The third kappa shape index (κ3) is 1.66. The van der Waals surface area contributed by atoms with E-state index in [9.17, 15) is 0 Å². The second-order valence-electron chi connectivity index (χ2n) is 2.80. The summed E-state index contributed by atoms with van der Waals surface area (Å²) in [6.45, 7) is 3.82. The molecule has 0 aliphatic carbocycles. The Labute approximate surface area is 55.8 Å². The maximum atomic E-state index is 9.04. The molecular formula is C7H14O2. The van der Waals surface area contributed by atoms with Crippen LogP contribution in [0.4, 0.5) is 0 Å². The van der Waals surface area contributed by atoms with E-state index in [4.69, 9.17) is 9.84 Å². The second kappa shape index (κ2) is 2.67. The third-order valence-corrected chi connectivity index (χ3v) is 1.80. The third-order valence-electron chi connectivity index (χ3n) is 1.80. The molecule has 0 radical (unpaired) electrons. The standard InChI is InChI=1S/C7H14O2/c1-5-3-4-7(9-5)6(2)8/h5-8H,3-4H2,1-2H3/t5-,6-,7?/m1/s1. The van der Waals surface area contributed by atoms with Crippen LogP contribution in [-0.4, -0.2) is 23.4 Å². The lowest BCUT2D eigenvalue weighted by Crippen LogP contribution is -2.22. The molecule has 1 heterocycles. The van der Waals surface area contributed by atoms with Crippen molar-refractivity contribution in [3.05, 3.63) is 0 Å². The van der Waals surface area contributed by atoms with Gasteiger partial charge in [0.2, 0.25) is 0 Å². The molecular weight excluding hydrogens is 116 g/mol. The van der Waals surface area contributed by atoms with Gasteiger partial charge in [0.25, 0.3) is 0 Å². The Morgan fingerprint density at radius 1 is 1.56 bits per heavy atom. The van der Waals surface area contributed by atoms with Gasteiger partial charge >= 0.3 is 0 Å². The molecule has 9 heavy (non-hydrogen) atoms. The maximum absolute atomic E-state index is 9.04. The maximum Gasteiger partial charge on any atom is 0.0835 e. The first kappa shape index (κ1) is 7.03. The summed E-state index contributed by atoms with van der Waals surface area (Å²) in [5.74, 6) is 0. The normalized spacial score (nSPS) is 39.0. The van der Waals surface area contributed by atoms with Crippen LogP contribution in [0.1, 0.15) is 26.7 Å². The largest absolute Gasteiger partial charge is 0.391 e. The summed E-state index contributed by atoms with van der Waals surface area (Å²) in [6.07, 6.45) is 2.26. The van der Waals surface area contributed by atoms with Crippen molar-refractivity contribution in [1.29, 1.82) is 0 Å². The van der Waals surface area contributed by atoms with E-state index in [1.807, 2.05) is 6.92 Å². The van der Waals surface area contributed by atoms with Gasteiger partial charge in [-0.15, -0.1) is 0 Å². The summed E-state index contributed by atoms with van der Waals surface area (Å²) in [4.78, 5) is 0. The number of ether oxygens (including phenoxy) is 1. The number of aliphatic hydroxyl groups excluding tert-OH is 1. The molecule has 1 aliphatic heterocycles. The lowest BCUT2D eigenvalue weighted by Gasteiger charge is -2.12. The number of hydrogen-bond acceptors (Lipinski definition) is 2. The zero-order valence-electron chi connectivity index (χ0n) is 6.00. The fourth-order valence-electron chi connectivity index (χ4n) is 1.19. The molecule has 0 amide bonds. The van der Waals surface area contributed by atoms with Crippen LogP contribution in [0.3, 0.4) is 0 Å². The molecule has 1 aliphatic rings. The van der Waals surface area contributed by atoms with Crippen molar-refractivity contribution >= 4 is 0 Å². The van der Waals surface area contributed by atoms with E-state index in [0.29, 0.717) is 6.10 Å². The number of hydrogen-bond donors (Lipinski definition) is 1. The predicted molar refractivity (Wildman–Crippen MR) is 35.2 cm³/mol. The molecule has 0 aromatic rings. The van der Waals surface area contributed by atoms with Crippen molar-refractivity contribution in [1.82, 2.24) is 0 Å². The van der Waals surface area contributed by atoms with Crippen LogP contribution in [0.2, 0.25) is 0 Å². The average Bonchev–Trinajstić information content (AvgIpc) is 2.14. The minimum Gasteiger partial charge on any atom is -0.391 e. The molecule has 0 bridgehead atoms. The van der Waals surface area contributed by atoms with E-state index >= 15 is 0 Å². The number of rotatable bonds is 1. The lowest BCUT2D eigenvalue weighted by molar-refractivity contribution is -0.0203. The molecule has 54 valence electrons. The zero-order chi connectivity index (χ0) is 6.85. The monoisotopic (exact) mass is 130 g/mol. The van der Waals surface area contributed by atoms with Crippen molar-refractivity contribution in [2.75, 3.05) is 0 Å². The highest BCUT2D eigenvalue weighted by Crippen LogP contribution is 2.21. The van der Waals surface area contributed by atoms with Crippen LogP contribution in [0.15, 0.2) is 0 Å². The first-order valence-corrected chi connectivity index (χ1v) is 3.53. The van der Waals surface area contributed by atoms with E-state index in [0.717, 1.165) is 12.8 Å². The Morgan fingerprint density at radius 2 is 2.22 bits per heavy atom. The Morgan fingerprint density at radius 3 is 2.44 bits per heavy atom. The average molecular weight is 130 g/mol. The summed E-state index contributed by atoms with van der Waals surface area (Å²) < 4.78 is 5.37. The Balaban J connectivity index is 2.30. The van der Waals surface area contributed by atoms with Gasteiger partial charge in [0.05, 0.1) is 18.3 Å². The smallest absolute Gasteiger partial charge is 0.0835 e. The van der Waals surface area contributed by atoms with Crippen LogP contribution in [0, 0.1) is 0 Å². The SMILES string of the molecule is C[C@@H]1CCC([C@@H](C)O)O1. The van der Waals surface area contributed by atoms with Crippen LogP contribution in [-0.2, 0) is 4.74 Å². The first-order valence-electron chi connectivity index (χ1n) is 3.53. The molecule has 1 fully saturated rings. The molecule has 3 atom stereocenters. The fraction of sp³-hybridized carbons (Fsp3) is 1.00. The van der Waals surface area contributed by atoms with Gasteiger partial charge in [-0.1, -0.05) is 0 Å². The van der Waals surface area contributed by atoms with E-state index in [2.05, 4.69) is 0 Å². The van der Waals surface area contributed by atoms with Crippen molar-refractivity contribution in [3.8, 4) is 0 Å². The highest BCUT2D eigenvalue weighted by Gasteiger charge is 2.24. The van der Waals surface area contributed by atoms with Gasteiger partial charge in [0.15, 0.2) is 0 Å². The summed E-state index contributed by atoms with van der Waals surface area (Å²) >= 11 is 0. The Bertz CT molecular complexity index is 90.9. The van der Waals surface area contributed by atoms with Crippen molar-refractivity contribution in [2.24, 2.45) is 0 Å². The fourth-order valence-corrected chi connectivity index (χ4v) is 1.19. The van der Waals surface area contributed by atoms with Crippen LogP contribution >= 0.6 is 0 Å². The van der Waals surface area contributed by atoms with Gasteiger partial charge in [0, 0.05) is 0 Å². The van der Waals surface area contributed by atoms with E-state index < -0.39 is 0 Å². The van der Waals surface area contributed by atoms with Crippen LogP contribution < -0.4 is 0 Å². The van der Waals surface area contributed by atoms with Gasteiger partial charge in [-0.25, -0.2) is 0 Å². The molecule has 2 nitrogen and oxygen atoms in total. The zero-order valence-corrected chi connectivity index (χ0v) is 6.00. The molecule has 1 rings (SSSR count). The van der Waals surface area contributed by atoms with Crippen LogP contribution in [0.5, 0.6) is 0 Å². The first-order chi connectivity index (χ1) is 4.20. The highest BCUT2D eigenvalue weighted by molar-refractivity contribution is 4.73. The Kier molecular flexibility index (Phi) is 2.09. The van der Waals surface area contributed by atoms with Gasteiger partial charge in [-0.2, -0.15) is 0 Å². The molecule has 0 saturated carbocycles.